The molecule has 48 valence electrons. The minimum atomic E-state index is -0.0602. The first-order valence-electron chi connectivity index (χ1n) is 2.56. The van der Waals surface area contributed by atoms with E-state index >= 15 is 0 Å². The monoisotopic (exact) mass is 125 g/mol. The van der Waals surface area contributed by atoms with Gasteiger partial charge in [-0.1, -0.05) is 0 Å². The molecule has 0 atom stereocenters. The molecule has 0 bridgehead atoms. The summed E-state index contributed by atoms with van der Waals surface area (Å²) < 4.78 is 1.45. The highest BCUT2D eigenvalue weighted by atomic mass is 16.1. The maximum Gasteiger partial charge on any atom is 0.196 e. The number of hydrogen-bond donors (Lipinski definition) is 0. The first-order valence-corrected chi connectivity index (χ1v) is 2.56. The Kier molecular flexibility index (Phi) is 1.30. The van der Waals surface area contributed by atoms with E-state index in [1.165, 1.54) is 17.9 Å². The summed E-state index contributed by atoms with van der Waals surface area (Å²) in [5, 5.41) is 3.72. The van der Waals surface area contributed by atoms with Crippen molar-refractivity contribution in [1.82, 2.24) is 14.8 Å². The molecule has 1 aromatic heterocycles. The van der Waals surface area contributed by atoms with Crippen molar-refractivity contribution in [2.75, 3.05) is 0 Å². The van der Waals surface area contributed by atoms with Crippen LogP contribution in [0.4, 0.5) is 0 Å². The lowest BCUT2D eigenvalue weighted by molar-refractivity contribution is 0.0999. The number of ketones is 1. The molecule has 0 fully saturated rings. The maximum atomic E-state index is 10.6. The van der Waals surface area contributed by atoms with E-state index in [1.54, 1.807) is 7.05 Å². The molecule has 0 aliphatic carbocycles. The molecule has 0 saturated carbocycles. The van der Waals surface area contributed by atoms with Crippen LogP contribution in [-0.2, 0) is 7.05 Å². The van der Waals surface area contributed by atoms with Crippen LogP contribution in [0.2, 0.25) is 0 Å². The summed E-state index contributed by atoms with van der Waals surface area (Å²) in [7, 11) is 1.68. The van der Waals surface area contributed by atoms with Crippen LogP contribution in [0.15, 0.2) is 6.33 Å². The number of aryl methyl sites for hydroxylation is 1. The lowest BCUT2D eigenvalue weighted by Gasteiger charge is -1.89. The molecule has 0 saturated heterocycles. The Balaban J connectivity index is 3.08. The summed E-state index contributed by atoms with van der Waals surface area (Å²) >= 11 is 0. The predicted octanol–water partition coefficient (Wildman–Crippen LogP) is 0.0177. The first kappa shape index (κ1) is 5.94. The summed E-state index contributed by atoms with van der Waals surface area (Å²) in [4.78, 5) is 14.3. The third-order valence-corrected chi connectivity index (χ3v) is 1.03. The van der Waals surface area contributed by atoms with Gasteiger partial charge in [-0.15, -0.1) is 0 Å². The van der Waals surface area contributed by atoms with Crippen molar-refractivity contribution in [3.63, 3.8) is 0 Å². The van der Waals surface area contributed by atoms with Crippen LogP contribution >= 0.6 is 0 Å². The van der Waals surface area contributed by atoms with Crippen LogP contribution in [0.3, 0.4) is 0 Å². The van der Waals surface area contributed by atoms with E-state index < -0.39 is 0 Å². The minimum absolute atomic E-state index is 0.0602. The highest BCUT2D eigenvalue weighted by molar-refractivity contribution is 5.90. The highest BCUT2D eigenvalue weighted by Crippen LogP contribution is 1.89. The van der Waals surface area contributed by atoms with Gasteiger partial charge in [-0.05, 0) is 0 Å². The Hall–Kier alpha value is -1.19. The van der Waals surface area contributed by atoms with Gasteiger partial charge < -0.3 is 0 Å². The first-order chi connectivity index (χ1) is 4.22. The van der Waals surface area contributed by atoms with Crippen LogP contribution < -0.4 is 0 Å². The van der Waals surface area contributed by atoms with Crippen LogP contribution in [0, 0.1) is 0 Å². The van der Waals surface area contributed by atoms with E-state index in [-0.39, 0.29) is 5.78 Å². The lowest BCUT2D eigenvalue weighted by atomic mass is 10.4. The zero-order chi connectivity index (χ0) is 6.85. The molecule has 1 heterocycles. The van der Waals surface area contributed by atoms with E-state index in [1.807, 2.05) is 0 Å². The van der Waals surface area contributed by atoms with Gasteiger partial charge in [-0.25, -0.2) is 9.67 Å². The Labute approximate surface area is 52.5 Å². The second kappa shape index (κ2) is 1.97. The van der Waals surface area contributed by atoms with E-state index in [9.17, 15) is 4.79 Å². The molecule has 0 N–H and O–H groups in total. The molecule has 4 heteroatoms. The van der Waals surface area contributed by atoms with Crippen molar-refractivity contribution in [3.05, 3.63) is 12.2 Å². The van der Waals surface area contributed by atoms with Gasteiger partial charge in [-0.3, -0.25) is 4.79 Å². The zero-order valence-corrected chi connectivity index (χ0v) is 5.33. The average molecular weight is 125 g/mol. The molecule has 0 aliphatic heterocycles. The largest absolute Gasteiger partial charge is 0.291 e. The van der Waals surface area contributed by atoms with E-state index in [4.69, 9.17) is 0 Å². The molecule has 0 radical (unpaired) electrons. The molecule has 1 rings (SSSR count). The molecule has 9 heavy (non-hydrogen) atoms. The van der Waals surface area contributed by atoms with Gasteiger partial charge in [0.2, 0.25) is 0 Å². The molecule has 0 amide bonds. The molecule has 1 aromatic rings. The minimum Gasteiger partial charge on any atom is -0.291 e. The number of hydrogen-bond acceptors (Lipinski definition) is 3. The number of carbonyl (C=O) groups is 1. The van der Waals surface area contributed by atoms with Gasteiger partial charge in [0.15, 0.2) is 11.6 Å². The fraction of sp³-hybridized carbons (Fsp3) is 0.400. The molecule has 0 aliphatic rings. The van der Waals surface area contributed by atoms with Crippen LogP contribution in [0.25, 0.3) is 0 Å². The predicted molar refractivity (Wildman–Crippen MR) is 31.0 cm³/mol. The van der Waals surface area contributed by atoms with Gasteiger partial charge in [-0.2, -0.15) is 5.10 Å². The Morgan fingerprint density at radius 1 is 1.78 bits per heavy atom. The summed E-state index contributed by atoms with van der Waals surface area (Å²) in [6.45, 7) is 1.46. The molecular formula is C5H7N3O. The van der Waals surface area contributed by atoms with E-state index in [2.05, 4.69) is 10.1 Å². The van der Waals surface area contributed by atoms with Gasteiger partial charge in [0.25, 0.3) is 0 Å². The van der Waals surface area contributed by atoms with Crippen molar-refractivity contribution in [2.24, 2.45) is 7.05 Å². The Bertz CT molecular complexity index is 228. The second-order valence-corrected chi connectivity index (χ2v) is 1.76. The zero-order valence-electron chi connectivity index (χ0n) is 5.33. The van der Waals surface area contributed by atoms with Gasteiger partial charge in [0, 0.05) is 14.0 Å². The summed E-state index contributed by atoms with van der Waals surface area (Å²) in [5.41, 5.74) is 0. The van der Waals surface area contributed by atoms with Crippen molar-refractivity contribution < 1.29 is 4.79 Å². The molecule has 0 aromatic carbocycles. The van der Waals surface area contributed by atoms with E-state index in [0.717, 1.165) is 0 Å². The van der Waals surface area contributed by atoms with E-state index in [0.29, 0.717) is 5.82 Å². The average Bonchev–Trinajstić information content (AvgIpc) is 2.13. The summed E-state index contributed by atoms with van der Waals surface area (Å²) in [5.74, 6) is 0.338. The summed E-state index contributed by atoms with van der Waals surface area (Å²) in [6.07, 6.45) is 1.36. The highest BCUT2D eigenvalue weighted by Gasteiger charge is 2.03. The topological polar surface area (TPSA) is 47.8 Å². The number of Topliss-reactive ketones (excluding diaryl/α,β-unsaturated/α-hetero) is 1. The Morgan fingerprint density at radius 2 is 2.44 bits per heavy atom. The van der Waals surface area contributed by atoms with Gasteiger partial charge >= 0.3 is 0 Å². The van der Waals surface area contributed by atoms with Gasteiger partial charge in [0.1, 0.15) is 6.33 Å². The quantitative estimate of drug-likeness (QED) is 0.497. The smallest absolute Gasteiger partial charge is 0.196 e. The number of carbonyl (C=O) groups excluding carboxylic acids is 1. The molecule has 0 unspecified atom stereocenters. The fourth-order valence-corrected chi connectivity index (χ4v) is 0.615. The van der Waals surface area contributed by atoms with Crippen molar-refractivity contribution >= 4 is 5.78 Å². The number of aromatic nitrogens is 3. The fourth-order valence-electron chi connectivity index (χ4n) is 0.615. The van der Waals surface area contributed by atoms with Crippen molar-refractivity contribution in [3.8, 4) is 0 Å². The van der Waals surface area contributed by atoms with Crippen molar-refractivity contribution in [1.29, 1.82) is 0 Å². The third kappa shape index (κ3) is 0.960. The SMILES string of the molecule is CC(=O)c1ncnn1C. The number of rotatable bonds is 1. The number of nitrogens with zero attached hydrogens (tertiary/aromatic N) is 3. The molecule has 4 nitrogen and oxygen atoms in total. The van der Waals surface area contributed by atoms with Crippen LogP contribution in [0.5, 0.6) is 0 Å². The molecular weight excluding hydrogens is 118 g/mol. The normalized spacial score (nSPS) is 9.56. The van der Waals surface area contributed by atoms with Crippen molar-refractivity contribution in [2.45, 2.75) is 6.92 Å². The second-order valence-electron chi connectivity index (χ2n) is 1.76. The van der Waals surface area contributed by atoms with Crippen LogP contribution in [-0.4, -0.2) is 20.5 Å². The third-order valence-electron chi connectivity index (χ3n) is 1.03. The Morgan fingerprint density at radius 3 is 2.67 bits per heavy atom. The standard InChI is InChI=1S/C5H7N3O/c1-4(9)5-6-3-7-8(5)2/h3H,1-2H3. The van der Waals surface area contributed by atoms with Gasteiger partial charge in [0.05, 0.1) is 0 Å². The molecule has 0 spiro atoms. The lowest BCUT2D eigenvalue weighted by Crippen LogP contribution is -2.03. The maximum absolute atomic E-state index is 10.6. The van der Waals surface area contributed by atoms with Crippen LogP contribution in [0.1, 0.15) is 17.5 Å². The summed E-state index contributed by atoms with van der Waals surface area (Å²) in [6, 6.07) is 0.